The van der Waals surface area contributed by atoms with Crippen LogP contribution in [0.5, 0.6) is 0 Å². The number of aromatic carboxylic acids is 2. The Bertz CT molecular complexity index is 814. The molecule has 0 aliphatic carbocycles. The minimum absolute atomic E-state index is 0.00241. The highest BCUT2D eigenvalue weighted by Crippen LogP contribution is 2.09. The van der Waals surface area contributed by atoms with Crippen molar-refractivity contribution in [2.45, 2.75) is 13.5 Å². The molecule has 2 N–H and O–H groups in total. The van der Waals surface area contributed by atoms with Crippen LogP contribution < -0.4 is 0 Å². The Balaban J connectivity index is 0.000000181. The second-order valence-electron chi connectivity index (χ2n) is 5.26. The zero-order valence-electron chi connectivity index (χ0n) is 13.5. The van der Waals surface area contributed by atoms with Crippen LogP contribution in [-0.4, -0.2) is 36.9 Å². The molecular formula is C18H17N3O4. The molecule has 2 heterocycles. The van der Waals surface area contributed by atoms with Gasteiger partial charge in [0.1, 0.15) is 0 Å². The van der Waals surface area contributed by atoms with Gasteiger partial charge in [-0.1, -0.05) is 0 Å². The van der Waals surface area contributed by atoms with Crippen molar-refractivity contribution in [2.24, 2.45) is 0 Å². The lowest BCUT2D eigenvalue weighted by molar-refractivity contribution is 0.0696. The fraction of sp³-hybridized carbons (Fsp3) is 0.111. The number of carboxylic acid groups (broad SMARTS) is 2. The first kappa shape index (κ1) is 17.9. The van der Waals surface area contributed by atoms with E-state index in [1.165, 1.54) is 17.7 Å². The van der Waals surface area contributed by atoms with Gasteiger partial charge >= 0.3 is 11.9 Å². The molecule has 7 nitrogen and oxygen atoms in total. The SMILES string of the molecule is Cc1cc(C(=O)O)cc(C(=O)O)c1.c1cnn(Cc2ccncc2)c1. The third-order valence-corrected chi connectivity index (χ3v) is 3.22. The van der Waals surface area contributed by atoms with Crippen LogP contribution in [0.4, 0.5) is 0 Å². The lowest BCUT2D eigenvalue weighted by Crippen LogP contribution is -2.02. The summed E-state index contributed by atoms with van der Waals surface area (Å²) in [5, 5.41) is 21.4. The topological polar surface area (TPSA) is 105 Å². The molecule has 25 heavy (non-hydrogen) atoms. The number of benzene rings is 1. The number of carbonyl (C=O) groups is 2. The molecule has 0 atom stereocenters. The molecule has 7 heteroatoms. The van der Waals surface area contributed by atoms with E-state index in [0.29, 0.717) is 5.56 Å². The van der Waals surface area contributed by atoms with Gasteiger partial charge in [0.05, 0.1) is 17.7 Å². The van der Waals surface area contributed by atoms with E-state index in [-0.39, 0.29) is 11.1 Å². The molecule has 3 aromatic rings. The average Bonchev–Trinajstić information content (AvgIpc) is 3.08. The summed E-state index contributed by atoms with van der Waals surface area (Å²) in [4.78, 5) is 25.0. The van der Waals surface area contributed by atoms with Crippen molar-refractivity contribution in [3.05, 3.63) is 83.4 Å². The summed E-state index contributed by atoms with van der Waals surface area (Å²) in [6, 6.07) is 9.88. The van der Waals surface area contributed by atoms with Gasteiger partial charge in [0, 0.05) is 24.8 Å². The highest BCUT2D eigenvalue weighted by atomic mass is 16.4. The summed E-state index contributed by atoms with van der Waals surface area (Å²) in [6.07, 6.45) is 7.30. The van der Waals surface area contributed by atoms with Crippen molar-refractivity contribution in [1.82, 2.24) is 14.8 Å². The summed E-state index contributed by atoms with van der Waals surface area (Å²) < 4.78 is 1.88. The highest BCUT2D eigenvalue weighted by Gasteiger charge is 2.09. The average molecular weight is 339 g/mol. The minimum atomic E-state index is -1.12. The van der Waals surface area contributed by atoms with Crippen LogP contribution in [0.1, 0.15) is 31.8 Å². The Morgan fingerprint density at radius 1 is 1.00 bits per heavy atom. The molecule has 0 unspecified atom stereocenters. The predicted molar refractivity (Wildman–Crippen MR) is 90.7 cm³/mol. The fourth-order valence-electron chi connectivity index (χ4n) is 2.10. The van der Waals surface area contributed by atoms with E-state index in [1.807, 2.05) is 29.1 Å². The molecule has 0 radical (unpaired) electrons. The molecule has 0 aliphatic rings. The molecule has 128 valence electrons. The summed E-state index contributed by atoms with van der Waals surface area (Å²) >= 11 is 0. The van der Waals surface area contributed by atoms with Crippen LogP contribution in [0, 0.1) is 6.92 Å². The van der Waals surface area contributed by atoms with Gasteiger partial charge in [0.15, 0.2) is 0 Å². The van der Waals surface area contributed by atoms with E-state index in [0.717, 1.165) is 12.6 Å². The Hall–Kier alpha value is -3.48. The van der Waals surface area contributed by atoms with E-state index < -0.39 is 11.9 Å². The summed E-state index contributed by atoms with van der Waals surface area (Å²) in [6.45, 7) is 2.47. The van der Waals surface area contributed by atoms with Crippen LogP contribution in [0.25, 0.3) is 0 Å². The predicted octanol–water partition coefficient (Wildman–Crippen LogP) is 2.72. The van der Waals surface area contributed by atoms with Gasteiger partial charge in [-0.05, 0) is 54.4 Å². The molecule has 0 aliphatic heterocycles. The minimum Gasteiger partial charge on any atom is -0.478 e. The first-order valence-electron chi connectivity index (χ1n) is 7.40. The second-order valence-corrected chi connectivity index (χ2v) is 5.26. The lowest BCUT2D eigenvalue weighted by atomic mass is 10.1. The van der Waals surface area contributed by atoms with Crippen molar-refractivity contribution in [2.75, 3.05) is 0 Å². The molecule has 0 bridgehead atoms. The van der Waals surface area contributed by atoms with Gasteiger partial charge in [-0.3, -0.25) is 9.67 Å². The van der Waals surface area contributed by atoms with Crippen molar-refractivity contribution in [3.63, 3.8) is 0 Å². The normalized spacial score (nSPS) is 9.80. The van der Waals surface area contributed by atoms with Crippen molar-refractivity contribution in [1.29, 1.82) is 0 Å². The first-order chi connectivity index (χ1) is 12.0. The van der Waals surface area contributed by atoms with Crippen LogP contribution in [0.15, 0.2) is 61.2 Å². The molecule has 0 amide bonds. The number of carboxylic acids is 2. The number of rotatable bonds is 4. The van der Waals surface area contributed by atoms with Crippen LogP contribution >= 0.6 is 0 Å². The van der Waals surface area contributed by atoms with Crippen molar-refractivity contribution >= 4 is 11.9 Å². The maximum absolute atomic E-state index is 10.5. The second kappa shape index (κ2) is 8.39. The number of hydrogen-bond donors (Lipinski definition) is 2. The molecule has 0 fully saturated rings. The Morgan fingerprint density at radius 2 is 1.60 bits per heavy atom. The first-order valence-corrected chi connectivity index (χ1v) is 7.40. The third-order valence-electron chi connectivity index (χ3n) is 3.22. The van der Waals surface area contributed by atoms with Gasteiger partial charge in [0.25, 0.3) is 0 Å². The maximum Gasteiger partial charge on any atom is 0.335 e. The number of nitrogens with zero attached hydrogens (tertiary/aromatic N) is 3. The molecule has 0 saturated heterocycles. The van der Waals surface area contributed by atoms with Crippen molar-refractivity contribution in [3.8, 4) is 0 Å². The van der Waals surface area contributed by atoms with Crippen molar-refractivity contribution < 1.29 is 19.8 Å². The zero-order chi connectivity index (χ0) is 18.2. The standard InChI is InChI=1S/C9H9N3.C9H8O4/c1-4-11-12(7-1)8-9-2-5-10-6-3-9;1-5-2-6(8(10)11)4-7(3-5)9(12)13/h1-7H,8H2;2-4H,1H3,(H,10,11)(H,12,13). The molecule has 3 rings (SSSR count). The Labute approximate surface area is 144 Å². The Morgan fingerprint density at radius 3 is 2.08 bits per heavy atom. The number of hydrogen-bond acceptors (Lipinski definition) is 4. The van der Waals surface area contributed by atoms with Gasteiger partial charge in [-0.15, -0.1) is 0 Å². The quantitative estimate of drug-likeness (QED) is 0.757. The Kier molecular flexibility index (Phi) is 6.00. The summed E-state index contributed by atoms with van der Waals surface area (Å²) in [7, 11) is 0. The molecule has 2 aromatic heterocycles. The van der Waals surface area contributed by atoms with E-state index in [9.17, 15) is 9.59 Å². The fourth-order valence-corrected chi connectivity index (χ4v) is 2.10. The number of aryl methyl sites for hydroxylation is 1. The van der Waals surface area contributed by atoms with Crippen LogP contribution in [0.2, 0.25) is 0 Å². The van der Waals surface area contributed by atoms with Gasteiger partial charge in [-0.2, -0.15) is 5.10 Å². The number of pyridine rings is 1. The van der Waals surface area contributed by atoms with E-state index >= 15 is 0 Å². The van der Waals surface area contributed by atoms with Crippen LogP contribution in [-0.2, 0) is 6.54 Å². The zero-order valence-corrected chi connectivity index (χ0v) is 13.5. The summed E-state index contributed by atoms with van der Waals surface area (Å²) in [5.74, 6) is -2.24. The van der Waals surface area contributed by atoms with E-state index in [1.54, 1.807) is 25.5 Å². The highest BCUT2D eigenvalue weighted by molar-refractivity contribution is 5.94. The van der Waals surface area contributed by atoms with E-state index in [4.69, 9.17) is 10.2 Å². The lowest BCUT2D eigenvalue weighted by Gasteiger charge is -1.99. The number of aromatic nitrogens is 3. The van der Waals surface area contributed by atoms with E-state index in [2.05, 4.69) is 10.1 Å². The largest absolute Gasteiger partial charge is 0.478 e. The third kappa shape index (κ3) is 5.58. The van der Waals surface area contributed by atoms with Gasteiger partial charge in [0.2, 0.25) is 0 Å². The molecule has 0 saturated carbocycles. The van der Waals surface area contributed by atoms with Crippen LogP contribution in [0.3, 0.4) is 0 Å². The van der Waals surface area contributed by atoms with Gasteiger partial charge in [-0.25, -0.2) is 9.59 Å². The smallest absolute Gasteiger partial charge is 0.335 e. The molecule has 1 aromatic carbocycles. The summed E-state index contributed by atoms with van der Waals surface area (Å²) in [5.41, 5.74) is 1.83. The monoisotopic (exact) mass is 339 g/mol. The maximum atomic E-state index is 10.5. The molecular weight excluding hydrogens is 322 g/mol. The van der Waals surface area contributed by atoms with Gasteiger partial charge < -0.3 is 10.2 Å². The molecule has 0 spiro atoms.